The van der Waals surface area contributed by atoms with Crippen LogP contribution in [0.1, 0.15) is 33.6 Å². The average molecular weight is 241 g/mol. The fourth-order valence-corrected chi connectivity index (χ4v) is 1.15. The number of nitrogens with one attached hydrogen (secondary N) is 1. The summed E-state index contributed by atoms with van der Waals surface area (Å²) in [5, 5.41) is 11.3. The SMILES string of the molecule is C#CCCCOC(=O)N[C@H](C(=O)O)C(C)(C)C. The van der Waals surface area contributed by atoms with Crippen molar-refractivity contribution in [2.24, 2.45) is 5.41 Å². The molecule has 0 spiro atoms. The lowest BCUT2D eigenvalue weighted by Crippen LogP contribution is -2.49. The molecule has 0 aliphatic carbocycles. The first-order chi connectivity index (χ1) is 7.79. The van der Waals surface area contributed by atoms with Crippen molar-refractivity contribution in [2.75, 3.05) is 6.61 Å². The minimum Gasteiger partial charge on any atom is -0.480 e. The number of unbranched alkanes of at least 4 members (excludes halogenated alkanes) is 1. The van der Waals surface area contributed by atoms with Crippen LogP contribution in [0.2, 0.25) is 0 Å². The van der Waals surface area contributed by atoms with Crippen LogP contribution in [0.5, 0.6) is 0 Å². The highest BCUT2D eigenvalue weighted by Crippen LogP contribution is 2.19. The number of carboxylic acid groups (broad SMARTS) is 1. The third-order valence-electron chi connectivity index (χ3n) is 2.07. The molecule has 2 N–H and O–H groups in total. The highest BCUT2D eigenvalue weighted by Gasteiger charge is 2.32. The van der Waals surface area contributed by atoms with E-state index < -0.39 is 23.5 Å². The Morgan fingerprint density at radius 3 is 2.47 bits per heavy atom. The molecule has 0 radical (unpaired) electrons. The van der Waals surface area contributed by atoms with E-state index in [2.05, 4.69) is 11.2 Å². The van der Waals surface area contributed by atoms with Crippen LogP contribution in [-0.2, 0) is 9.53 Å². The maximum Gasteiger partial charge on any atom is 0.407 e. The van der Waals surface area contributed by atoms with E-state index in [1.807, 2.05) is 0 Å². The summed E-state index contributed by atoms with van der Waals surface area (Å²) in [6.45, 7) is 5.37. The second-order valence-electron chi connectivity index (χ2n) is 4.73. The highest BCUT2D eigenvalue weighted by molar-refractivity contribution is 5.80. The van der Waals surface area contributed by atoms with Crippen molar-refractivity contribution < 1.29 is 19.4 Å². The van der Waals surface area contributed by atoms with Gasteiger partial charge in [0.05, 0.1) is 6.61 Å². The predicted octanol–water partition coefficient (Wildman–Crippen LogP) is 1.63. The van der Waals surface area contributed by atoms with Crippen molar-refractivity contribution in [2.45, 2.75) is 39.7 Å². The maximum absolute atomic E-state index is 11.3. The van der Waals surface area contributed by atoms with Crippen LogP contribution in [0, 0.1) is 17.8 Å². The number of aliphatic carboxylic acids is 1. The first-order valence-corrected chi connectivity index (χ1v) is 5.38. The van der Waals surface area contributed by atoms with Gasteiger partial charge in [0.1, 0.15) is 6.04 Å². The number of ether oxygens (including phenoxy) is 1. The number of carboxylic acids is 1. The van der Waals surface area contributed by atoms with Crippen LogP contribution in [0.3, 0.4) is 0 Å². The van der Waals surface area contributed by atoms with Crippen LogP contribution >= 0.6 is 0 Å². The van der Waals surface area contributed by atoms with Crippen LogP contribution in [0.4, 0.5) is 4.79 Å². The standard InChI is InChI=1S/C12H19NO4/c1-5-6-7-8-17-11(16)13-9(10(14)15)12(2,3)4/h1,9H,6-8H2,2-4H3,(H,13,16)(H,14,15)/t9-/m1/s1. The topological polar surface area (TPSA) is 75.6 Å². The molecule has 0 rings (SSSR count). The van der Waals surface area contributed by atoms with Gasteiger partial charge in [0.2, 0.25) is 0 Å². The molecule has 0 aromatic heterocycles. The Morgan fingerprint density at radius 1 is 1.47 bits per heavy atom. The molecular formula is C12H19NO4. The van der Waals surface area contributed by atoms with E-state index in [4.69, 9.17) is 16.3 Å². The van der Waals surface area contributed by atoms with Crippen molar-refractivity contribution >= 4 is 12.1 Å². The summed E-state index contributed by atoms with van der Waals surface area (Å²) in [4.78, 5) is 22.3. The second kappa shape index (κ2) is 6.79. The normalized spacial score (nSPS) is 12.4. The molecule has 1 amide bonds. The van der Waals surface area contributed by atoms with E-state index in [1.54, 1.807) is 20.8 Å². The summed E-state index contributed by atoms with van der Waals surface area (Å²) < 4.78 is 4.81. The number of hydrogen-bond acceptors (Lipinski definition) is 3. The van der Waals surface area contributed by atoms with Crippen molar-refractivity contribution in [3.8, 4) is 12.3 Å². The maximum atomic E-state index is 11.3. The molecule has 0 bridgehead atoms. The molecule has 0 saturated carbocycles. The van der Waals surface area contributed by atoms with Crippen LogP contribution < -0.4 is 5.32 Å². The van der Waals surface area contributed by atoms with Crippen molar-refractivity contribution in [3.63, 3.8) is 0 Å². The molecule has 5 heteroatoms. The molecule has 0 aromatic carbocycles. The zero-order chi connectivity index (χ0) is 13.5. The smallest absolute Gasteiger partial charge is 0.407 e. The molecule has 1 atom stereocenters. The highest BCUT2D eigenvalue weighted by atomic mass is 16.5. The number of hydrogen-bond donors (Lipinski definition) is 2. The molecule has 0 aromatic rings. The molecule has 96 valence electrons. The second-order valence-corrected chi connectivity index (χ2v) is 4.73. The number of carbonyl (C=O) groups is 2. The van der Waals surface area contributed by atoms with Gasteiger partial charge in [0, 0.05) is 6.42 Å². The first-order valence-electron chi connectivity index (χ1n) is 5.38. The lowest BCUT2D eigenvalue weighted by Gasteiger charge is -2.27. The fraction of sp³-hybridized carbons (Fsp3) is 0.667. The van der Waals surface area contributed by atoms with Crippen molar-refractivity contribution in [3.05, 3.63) is 0 Å². The van der Waals surface area contributed by atoms with E-state index in [1.165, 1.54) is 0 Å². The Hall–Kier alpha value is -1.70. The monoisotopic (exact) mass is 241 g/mol. The quantitative estimate of drug-likeness (QED) is 0.566. The Bertz CT molecular complexity index is 311. The predicted molar refractivity (Wildman–Crippen MR) is 63.4 cm³/mol. The van der Waals surface area contributed by atoms with Gasteiger partial charge in [-0.25, -0.2) is 9.59 Å². The number of carbonyl (C=O) groups excluding carboxylic acids is 1. The van der Waals surface area contributed by atoms with Crippen LogP contribution in [0.25, 0.3) is 0 Å². The molecule has 0 aliphatic rings. The van der Waals surface area contributed by atoms with E-state index >= 15 is 0 Å². The van der Waals surface area contributed by atoms with Gasteiger partial charge in [0.25, 0.3) is 0 Å². The first kappa shape index (κ1) is 15.3. The Morgan fingerprint density at radius 2 is 2.06 bits per heavy atom. The van der Waals surface area contributed by atoms with Crippen LogP contribution in [-0.4, -0.2) is 29.8 Å². The van der Waals surface area contributed by atoms with Gasteiger partial charge in [-0.05, 0) is 11.8 Å². The summed E-state index contributed by atoms with van der Waals surface area (Å²) in [5.74, 6) is 1.33. The lowest BCUT2D eigenvalue weighted by molar-refractivity contribution is -0.142. The van der Waals surface area contributed by atoms with Crippen LogP contribution in [0.15, 0.2) is 0 Å². The molecule has 0 heterocycles. The number of rotatable bonds is 5. The van der Waals surface area contributed by atoms with E-state index in [0.29, 0.717) is 12.8 Å². The third-order valence-corrected chi connectivity index (χ3v) is 2.07. The zero-order valence-electron chi connectivity index (χ0n) is 10.4. The van der Waals surface area contributed by atoms with E-state index in [9.17, 15) is 9.59 Å². The molecule has 0 fully saturated rings. The van der Waals surface area contributed by atoms with Gasteiger partial charge < -0.3 is 15.2 Å². The summed E-state index contributed by atoms with van der Waals surface area (Å²) >= 11 is 0. The summed E-state index contributed by atoms with van der Waals surface area (Å²) in [6, 6.07) is -0.984. The summed E-state index contributed by atoms with van der Waals surface area (Å²) in [7, 11) is 0. The Labute approximate surface area is 102 Å². The van der Waals surface area contributed by atoms with Gasteiger partial charge in [0.15, 0.2) is 0 Å². The minimum absolute atomic E-state index is 0.187. The fourth-order valence-electron chi connectivity index (χ4n) is 1.15. The largest absolute Gasteiger partial charge is 0.480 e. The molecular weight excluding hydrogens is 222 g/mol. The van der Waals surface area contributed by atoms with Gasteiger partial charge in [-0.1, -0.05) is 20.8 Å². The third kappa shape index (κ3) is 6.46. The van der Waals surface area contributed by atoms with Crippen molar-refractivity contribution in [1.29, 1.82) is 0 Å². The van der Waals surface area contributed by atoms with Gasteiger partial charge >= 0.3 is 12.1 Å². The van der Waals surface area contributed by atoms with Gasteiger partial charge in [-0.15, -0.1) is 12.3 Å². The average Bonchev–Trinajstić information content (AvgIpc) is 2.19. The van der Waals surface area contributed by atoms with E-state index in [0.717, 1.165) is 0 Å². The summed E-state index contributed by atoms with van der Waals surface area (Å²) in [5.41, 5.74) is -0.580. The number of alkyl carbamates (subject to hydrolysis) is 1. The molecule has 17 heavy (non-hydrogen) atoms. The molecule has 5 nitrogen and oxygen atoms in total. The van der Waals surface area contributed by atoms with E-state index in [-0.39, 0.29) is 6.61 Å². The van der Waals surface area contributed by atoms with Gasteiger partial charge in [-0.3, -0.25) is 0 Å². The molecule has 0 unspecified atom stereocenters. The molecule has 0 aliphatic heterocycles. The van der Waals surface area contributed by atoms with Gasteiger partial charge in [-0.2, -0.15) is 0 Å². The zero-order valence-corrected chi connectivity index (χ0v) is 10.4. The summed E-state index contributed by atoms with van der Waals surface area (Å²) in [6.07, 6.45) is 5.40. The lowest BCUT2D eigenvalue weighted by atomic mass is 9.87. The number of terminal acetylenes is 1. The minimum atomic E-state index is -1.09. The Balaban J connectivity index is 4.16. The Kier molecular flexibility index (Phi) is 6.11. The number of amides is 1. The molecule has 0 saturated heterocycles. The van der Waals surface area contributed by atoms with Crippen molar-refractivity contribution in [1.82, 2.24) is 5.32 Å².